The third-order valence-corrected chi connectivity index (χ3v) is 4.59. The molecule has 0 bridgehead atoms. The fourth-order valence-electron chi connectivity index (χ4n) is 3.30. The maximum Gasteiger partial charge on any atom is 0.410 e. The Bertz CT molecular complexity index is 694. The molecule has 2 amide bonds. The van der Waals surface area contributed by atoms with E-state index in [0.717, 1.165) is 6.42 Å². The number of halogens is 1. The molecule has 1 aromatic rings. The van der Waals surface area contributed by atoms with Crippen molar-refractivity contribution in [3.63, 3.8) is 0 Å². The summed E-state index contributed by atoms with van der Waals surface area (Å²) in [6.45, 7) is 8.21. The molecule has 0 N–H and O–H groups in total. The molecule has 0 spiro atoms. The summed E-state index contributed by atoms with van der Waals surface area (Å²) < 4.78 is 20.0. The minimum Gasteiger partial charge on any atom is -0.444 e. The third kappa shape index (κ3) is 4.08. The Morgan fingerprint density at radius 2 is 1.81 bits per heavy atom. The topological polar surface area (TPSA) is 53.1 Å². The molecule has 2 aliphatic rings. The predicted molar refractivity (Wildman–Crippen MR) is 98.0 cm³/mol. The first-order valence-electron chi connectivity index (χ1n) is 9.07. The fourth-order valence-corrected chi connectivity index (χ4v) is 3.30. The molecular weight excluding hydrogens is 337 g/mol. The van der Waals surface area contributed by atoms with Gasteiger partial charge in [-0.3, -0.25) is 4.79 Å². The van der Waals surface area contributed by atoms with E-state index >= 15 is 0 Å². The second kappa shape index (κ2) is 7.13. The van der Waals surface area contributed by atoms with Gasteiger partial charge in [0.15, 0.2) is 0 Å². The zero-order chi connectivity index (χ0) is 18.9. The summed E-state index contributed by atoms with van der Waals surface area (Å²) in [6.07, 6.45) is 1.01. The first-order chi connectivity index (χ1) is 12.2. The minimum absolute atomic E-state index is 0.0446. The lowest BCUT2D eigenvalue weighted by molar-refractivity contribution is -0.117. The number of carbonyl (C=O) groups excluding carboxylic acids is 2. The molecule has 1 aromatic carbocycles. The van der Waals surface area contributed by atoms with Gasteiger partial charge in [0.1, 0.15) is 11.4 Å². The number of amides is 2. The Balaban J connectivity index is 1.62. The molecule has 7 heteroatoms. The highest BCUT2D eigenvalue weighted by molar-refractivity contribution is 5.95. The van der Waals surface area contributed by atoms with Crippen molar-refractivity contribution < 1.29 is 18.7 Å². The van der Waals surface area contributed by atoms with Crippen LogP contribution in [0, 0.1) is 5.82 Å². The van der Waals surface area contributed by atoms with Gasteiger partial charge in [0.05, 0.1) is 5.69 Å². The van der Waals surface area contributed by atoms with Gasteiger partial charge >= 0.3 is 6.09 Å². The lowest BCUT2D eigenvalue weighted by Gasteiger charge is -2.37. The number of benzene rings is 1. The second-order valence-corrected chi connectivity index (χ2v) is 7.74. The molecule has 2 saturated heterocycles. The van der Waals surface area contributed by atoms with Gasteiger partial charge in [-0.1, -0.05) is 0 Å². The Morgan fingerprint density at radius 3 is 2.35 bits per heavy atom. The molecule has 0 atom stereocenters. The number of rotatable bonds is 2. The number of hydrogen-bond acceptors (Lipinski definition) is 4. The van der Waals surface area contributed by atoms with E-state index in [1.165, 1.54) is 6.07 Å². The molecule has 2 fully saturated rings. The summed E-state index contributed by atoms with van der Waals surface area (Å²) in [5, 5.41) is 0. The van der Waals surface area contributed by atoms with Gasteiger partial charge in [0, 0.05) is 44.8 Å². The maximum atomic E-state index is 14.6. The summed E-state index contributed by atoms with van der Waals surface area (Å²) in [4.78, 5) is 29.1. The van der Waals surface area contributed by atoms with Crippen molar-refractivity contribution in [3.8, 4) is 0 Å². The van der Waals surface area contributed by atoms with Crippen molar-refractivity contribution in [1.29, 1.82) is 0 Å². The molecule has 2 heterocycles. The Kier molecular flexibility index (Phi) is 5.07. The molecule has 142 valence electrons. The van der Waals surface area contributed by atoms with E-state index in [9.17, 15) is 14.0 Å². The molecule has 2 aliphatic heterocycles. The highest BCUT2D eigenvalue weighted by Crippen LogP contribution is 2.28. The van der Waals surface area contributed by atoms with Crippen molar-refractivity contribution >= 4 is 23.4 Å². The van der Waals surface area contributed by atoms with Crippen LogP contribution in [-0.2, 0) is 9.53 Å². The molecule has 6 nitrogen and oxygen atoms in total. The monoisotopic (exact) mass is 363 g/mol. The third-order valence-electron chi connectivity index (χ3n) is 4.59. The van der Waals surface area contributed by atoms with E-state index in [-0.39, 0.29) is 17.8 Å². The van der Waals surface area contributed by atoms with Crippen molar-refractivity contribution in [2.75, 3.05) is 42.5 Å². The van der Waals surface area contributed by atoms with E-state index in [4.69, 9.17) is 4.74 Å². The van der Waals surface area contributed by atoms with Crippen molar-refractivity contribution in [3.05, 3.63) is 24.0 Å². The Hall–Kier alpha value is -2.31. The maximum absolute atomic E-state index is 14.6. The molecule has 0 saturated carbocycles. The highest BCUT2D eigenvalue weighted by Gasteiger charge is 2.27. The van der Waals surface area contributed by atoms with E-state index in [0.29, 0.717) is 50.5 Å². The van der Waals surface area contributed by atoms with Gasteiger partial charge in [0.2, 0.25) is 5.91 Å². The Morgan fingerprint density at radius 1 is 1.12 bits per heavy atom. The van der Waals surface area contributed by atoms with Gasteiger partial charge in [-0.25, -0.2) is 9.18 Å². The van der Waals surface area contributed by atoms with Gasteiger partial charge in [0.25, 0.3) is 0 Å². The van der Waals surface area contributed by atoms with Crippen LogP contribution in [0.15, 0.2) is 18.2 Å². The van der Waals surface area contributed by atoms with Crippen molar-refractivity contribution in [2.45, 2.75) is 39.2 Å². The zero-order valence-electron chi connectivity index (χ0n) is 15.6. The average Bonchev–Trinajstić information content (AvgIpc) is 2.99. The number of piperazine rings is 1. The van der Waals surface area contributed by atoms with E-state index in [1.54, 1.807) is 21.9 Å². The van der Waals surface area contributed by atoms with E-state index in [2.05, 4.69) is 0 Å². The summed E-state index contributed by atoms with van der Waals surface area (Å²) >= 11 is 0. The molecular formula is C19H26FN3O3. The standard InChI is InChI=1S/C19H26FN3O3/c1-19(2,3)26-18(25)22-11-9-21(10-12-22)16-7-6-14(13-15(16)20)23-8-4-5-17(23)24/h6-7,13H,4-5,8-12H2,1-3H3. The number of hydrogen-bond donors (Lipinski definition) is 0. The van der Waals surface area contributed by atoms with E-state index in [1.807, 2.05) is 25.7 Å². The van der Waals surface area contributed by atoms with Crippen molar-refractivity contribution in [1.82, 2.24) is 4.90 Å². The van der Waals surface area contributed by atoms with E-state index < -0.39 is 5.60 Å². The molecule has 0 radical (unpaired) electrons. The largest absolute Gasteiger partial charge is 0.444 e. The highest BCUT2D eigenvalue weighted by atomic mass is 19.1. The predicted octanol–water partition coefficient (Wildman–Crippen LogP) is 3.01. The Labute approximate surface area is 153 Å². The van der Waals surface area contributed by atoms with Crippen LogP contribution in [0.1, 0.15) is 33.6 Å². The van der Waals surface area contributed by atoms with Gasteiger partial charge < -0.3 is 19.4 Å². The molecule has 3 rings (SSSR count). The van der Waals surface area contributed by atoms with Crippen LogP contribution >= 0.6 is 0 Å². The normalized spacial score (nSPS) is 18.5. The van der Waals surface area contributed by atoms with Crippen LogP contribution in [0.25, 0.3) is 0 Å². The number of carbonyl (C=O) groups is 2. The first kappa shape index (κ1) is 18.5. The van der Waals surface area contributed by atoms with Gasteiger partial charge in [-0.15, -0.1) is 0 Å². The minimum atomic E-state index is -0.525. The van der Waals surface area contributed by atoms with Crippen molar-refractivity contribution in [2.24, 2.45) is 0 Å². The lowest BCUT2D eigenvalue weighted by Crippen LogP contribution is -2.50. The van der Waals surface area contributed by atoms with Gasteiger partial charge in [-0.05, 0) is 45.4 Å². The van der Waals surface area contributed by atoms with Crippen LogP contribution < -0.4 is 9.80 Å². The summed E-state index contributed by atoms with van der Waals surface area (Å²) in [7, 11) is 0. The van der Waals surface area contributed by atoms with Crippen LogP contribution in [0.5, 0.6) is 0 Å². The van der Waals surface area contributed by atoms with Crippen LogP contribution in [0.3, 0.4) is 0 Å². The van der Waals surface area contributed by atoms with Crippen LogP contribution in [0.4, 0.5) is 20.6 Å². The quantitative estimate of drug-likeness (QED) is 0.811. The average molecular weight is 363 g/mol. The van der Waals surface area contributed by atoms with Crippen LogP contribution in [0.2, 0.25) is 0 Å². The summed E-state index contributed by atoms with van der Waals surface area (Å²) in [5.74, 6) is -0.295. The number of anilines is 2. The molecule has 0 unspecified atom stereocenters. The number of ether oxygens (including phenoxy) is 1. The SMILES string of the molecule is CC(C)(C)OC(=O)N1CCN(c2ccc(N3CCCC3=O)cc2F)CC1. The zero-order valence-corrected chi connectivity index (χ0v) is 15.6. The first-order valence-corrected chi connectivity index (χ1v) is 9.07. The fraction of sp³-hybridized carbons (Fsp3) is 0.579. The smallest absolute Gasteiger partial charge is 0.410 e. The number of nitrogens with zero attached hydrogens (tertiary/aromatic N) is 3. The summed E-state index contributed by atoms with van der Waals surface area (Å²) in [6, 6.07) is 4.94. The van der Waals surface area contributed by atoms with Gasteiger partial charge in [-0.2, -0.15) is 0 Å². The van der Waals surface area contributed by atoms with Crippen LogP contribution in [-0.4, -0.2) is 55.2 Å². The molecule has 26 heavy (non-hydrogen) atoms. The summed E-state index contributed by atoms with van der Waals surface area (Å²) in [5.41, 5.74) is 0.591. The second-order valence-electron chi connectivity index (χ2n) is 7.74. The lowest BCUT2D eigenvalue weighted by atomic mass is 10.2. The molecule has 0 aromatic heterocycles. The molecule has 0 aliphatic carbocycles.